The number of imide groups is 1. The van der Waals surface area contributed by atoms with Gasteiger partial charge >= 0.3 is 12.0 Å². The van der Waals surface area contributed by atoms with Gasteiger partial charge in [-0.15, -0.1) is 0 Å². The lowest BCUT2D eigenvalue weighted by Gasteiger charge is -2.14. The van der Waals surface area contributed by atoms with Crippen LogP contribution in [0.5, 0.6) is 11.5 Å². The smallest absolute Gasteiger partial charge is 0.335 e. The minimum Gasteiger partial charge on any atom is -0.493 e. The molecule has 1 aliphatic heterocycles. The summed E-state index contributed by atoms with van der Waals surface area (Å²) in [5.41, 5.74) is 2.84. The van der Waals surface area contributed by atoms with Crippen LogP contribution in [-0.2, 0) is 16.2 Å². The van der Waals surface area contributed by atoms with Crippen molar-refractivity contribution in [1.29, 1.82) is 0 Å². The van der Waals surface area contributed by atoms with Crippen molar-refractivity contribution < 1.29 is 33.8 Å². The lowest BCUT2D eigenvalue weighted by molar-refractivity contribution is -0.127. The molecule has 1 saturated heterocycles. The van der Waals surface area contributed by atoms with Gasteiger partial charge in [-0.1, -0.05) is 24.3 Å². The molecule has 39 heavy (non-hydrogen) atoms. The van der Waals surface area contributed by atoms with Crippen LogP contribution in [-0.4, -0.2) is 47.5 Å². The summed E-state index contributed by atoms with van der Waals surface area (Å²) in [7, 11) is 1.45. The van der Waals surface area contributed by atoms with E-state index >= 15 is 0 Å². The highest BCUT2D eigenvalue weighted by atomic mass is 79.9. The van der Waals surface area contributed by atoms with Crippen molar-refractivity contribution in [2.45, 2.75) is 13.5 Å². The number of carboxylic acid groups (broad SMARTS) is 1. The Balaban J connectivity index is 1.47. The van der Waals surface area contributed by atoms with Crippen molar-refractivity contribution in [2.75, 3.05) is 19.0 Å². The van der Waals surface area contributed by atoms with E-state index in [0.29, 0.717) is 32.8 Å². The van der Waals surface area contributed by atoms with Crippen molar-refractivity contribution in [3.05, 3.63) is 93.1 Å². The Morgan fingerprint density at radius 2 is 1.87 bits per heavy atom. The van der Waals surface area contributed by atoms with Gasteiger partial charge < -0.3 is 25.2 Å². The molecule has 0 saturated carbocycles. The number of aromatic carboxylic acids is 1. The number of hydrogen-bond donors (Lipinski definition) is 3. The van der Waals surface area contributed by atoms with Gasteiger partial charge in [-0.05, 0) is 82.0 Å². The standard InChI is InChI=1S/C28H24BrN3O7/c1-16-5-3-8-20(9-16)30-24(33)14-32-26(34)22(31-28(32)37)12-18-11-21(29)25(23(13-18)38-2)39-15-17-6-4-7-19(10-17)27(35)36/h3-13H,14-15H2,1-2H3,(H,30,33)(H,31,37)(H,35,36)/b22-12+. The summed E-state index contributed by atoms with van der Waals surface area (Å²) in [6, 6.07) is 16.1. The zero-order valence-corrected chi connectivity index (χ0v) is 22.6. The number of nitrogens with one attached hydrogen (secondary N) is 2. The fourth-order valence-electron chi connectivity index (χ4n) is 3.86. The number of anilines is 1. The van der Waals surface area contributed by atoms with Crippen LogP contribution in [0.1, 0.15) is 27.0 Å². The van der Waals surface area contributed by atoms with Gasteiger partial charge in [0, 0.05) is 5.69 Å². The fourth-order valence-corrected chi connectivity index (χ4v) is 4.44. The fraction of sp³-hybridized carbons (Fsp3) is 0.143. The minimum atomic E-state index is -1.04. The predicted octanol–water partition coefficient (Wildman–Crippen LogP) is 4.57. The zero-order valence-electron chi connectivity index (χ0n) is 21.0. The number of halogens is 1. The molecule has 1 fully saturated rings. The van der Waals surface area contributed by atoms with Crippen LogP contribution < -0.4 is 20.1 Å². The van der Waals surface area contributed by atoms with Gasteiger partial charge in [0.2, 0.25) is 5.91 Å². The Kier molecular flexibility index (Phi) is 8.30. The third-order valence-corrected chi connectivity index (χ3v) is 6.27. The average Bonchev–Trinajstić information content (AvgIpc) is 3.15. The molecule has 3 aromatic rings. The van der Waals surface area contributed by atoms with Crippen LogP contribution in [0.2, 0.25) is 0 Å². The minimum absolute atomic E-state index is 0.00328. The molecule has 200 valence electrons. The Morgan fingerprint density at radius 3 is 2.59 bits per heavy atom. The molecule has 11 heteroatoms. The number of benzene rings is 3. The van der Waals surface area contributed by atoms with Crippen LogP contribution in [0.15, 0.2) is 70.8 Å². The number of methoxy groups -OCH3 is 1. The number of amides is 4. The highest BCUT2D eigenvalue weighted by molar-refractivity contribution is 9.10. The molecule has 0 spiro atoms. The summed E-state index contributed by atoms with van der Waals surface area (Å²) in [6.07, 6.45) is 1.46. The van der Waals surface area contributed by atoms with Crippen molar-refractivity contribution in [3.63, 3.8) is 0 Å². The Labute approximate surface area is 232 Å². The second-order valence-electron chi connectivity index (χ2n) is 8.63. The first kappa shape index (κ1) is 27.4. The first-order chi connectivity index (χ1) is 18.6. The first-order valence-corrected chi connectivity index (χ1v) is 12.5. The molecule has 0 unspecified atom stereocenters. The lowest BCUT2D eigenvalue weighted by Crippen LogP contribution is -2.38. The van der Waals surface area contributed by atoms with Crippen molar-refractivity contribution in [3.8, 4) is 11.5 Å². The van der Waals surface area contributed by atoms with Gasteiger partial charge in [0.15, 0.2) is 11.5 Å². The predicted molar refractivity (Wildman–Crippen MR) is 146 cm³/mol. The molecule has 1 aliphatic rings. The summed E-state index contributed by atoms with van der Waals surface area (Å²) in [4.78, 5) is 49.8. The van der Waals surface area contributed by atoms with E-state index in [1.807, 2.05) is 13.0 Å². The number of nitrogens with zero attached hydrogens (tertiary/aromatic N) is 1. The van der Waals surface area contributed by atoms with E-state index in [1.165, 1.54) is 25.3 Å². The maximum atomic E-state index is 12.9. The van der Waals surface area contributed by atoms with E-state index in [-0.39, 0.29) is 17.9 Å². The van der Waals surface area contributed by atoms with E-state index in [0.717, 1.165) is 10.5 Å². The molecule has 0 bridgehead atoms. The third kappa shape index (κ3) is 6.63. The summed E-state index contributed by atoms with van der Waals surface area (Å²) in [5, 5.41) is 14.4. The molecule has 0 atom stereocenters. The molecule has 3 aromatic carbocycles. The van der Waals surface area contributed by atoms with Crippen molar-refractivity contribution >= 4 is 51.5 Å². The number of rotatable bonds is 9. The third-order valence-electron chi connectivity index (χ3n) is 5.69. The molecular formula is C28H24BrN3O7. The molecule has 3 N–H and O–H groups in total. The van der Waals surface area contributed by atoms with Gasteiger partial charge in [0.25, 0.3) is 5.91 Å². The van der Waals surface area contributed by atoms with Gasteiger partial charge in [-0.25, -0.2) is 14.5 Å². The Hall–Kier alpha value is -4.64. The summed E-state index contributed by atoms with van der Waals surface area (Å²) < 4.78 is 11.8. The van der Waals surface area contributed by atoms with E-state index in [4.69, 9.17) is 9.47 Å². The SMILES string of the molecule is COc1cc(/C=C2/NC(=O)N(CC(=O)Nc3cccc(C)c3)C2=O)cc(Br)c1OCc1cccc(C(=O)O)c1. The number of carbonyl (C=O) groups excluding carboxylic acids is 3. The number of aryl methyl sites for hydroxylation is 1. The van der Waals surface area contributed by atoms with E-state index in [1.54, 1.807) is 42.5 Å². The molecule has 4 amide bonds. The largest absolute Gasteiger partial charge is 0.493 e. The molecule has 0 aliphatic carbocycles. The molecule has 10 nitrogen and oxygen atoms in total. The quantitative estimate of drug-likeness (QED) is 0.244. The second kappa shape index (κ2) is 11.8. The molecule has 0 radical (unpaired) electrons. The summed E-state index contributed by atoms with van der Waals surface area (Å²) in [5.74, 6) is -1.47. The number of urea groups is 1. The highest BCUT2D eigenvalue weighted by Gasteiger charge is 2.35. The topological polar surface area (TPSA) is 134 Å². The molecule has 0 aromatic heterocycles. The number of hydrogen-bond acceptors (Lipinski definition) is 6. The van der Waals surface area contributed by atoms with Crippen molar-refractivity contribution in [1.82, 2.24) is 10.2 Å². The number of carbonyl (C=O) groups is 4. The molecular weight excluding hydrogens is 570 g/mol. The lowest BCUT2D eigenvalue weighted by atomic mass is 10.1. The molecule has 4 rings (SSSR count). The normalized spacial score (nSPS) is 13.8. The van der Waals surface area contributed by atoms with E-state index in [9.17, 15) is 24.3 Å². The van der Waals surface area contributed by atoms with Gasteiger partial charge in [-0.2, -0.15) is 0 Å². The Bertz CT molecular complexity index is 1500. The zero-order chi connectivity index (χ0) is 28.1. The van der Waals surface area contributed by atoms with Crippen LogP contribution in [0.4, 0.5) is 10.5 Å². The Morgan fingerprint density at radius 1 is 1.10 bits per heavy atom. The van der Waals surface area contributed by atoms with E-state index in [2.05, 4.69) is 26.6 Å². The monoisotopic (exact) mass is 593 g/mol. The van der Waals surface area contributed by atoms with Gasteiger partial charge in [-0.3, -0.25) is 9.59 Å². The molecule has 1 heterocycles. The number of carboxylic acids is 1. The number of ether oxygens (including phenoxy) is 2. The van der Waals surface area contributed by atoms with Crippen LogP contribution in [0.25, 0.3) is 6.08 Å². The maximum absolute atomic E-state index is 12.9. The van der Waals surface area contributed by atoms with Gasteiger partial charge in [0.1, 0.15) is 18.8 Å². The second-order valence-corrected chi connectivity index (χ2v) is 9.48. The van der Waals surface area contributed by atoms with Crippen LogP contribution in [0, 0.1) is 6.92 Å². The van der Waals surface area contributed by atoms with Crippen LogP contribution >= 0.6 is 15.9 Å². The highest BCUT2D eigenvalue weighted by Crippen LogP contribution is 2.38. The first-order valence-electron chi connectivity index (χ1n) is 11.7. The summed E-state index contributed by atoms with van der Waals surface area (Å²) in [6.45, 7) is 1.53. The van der Waals surface area contributed by atoms with Gasteiger partial charge in [0.05, 0.1) is 17.1 Å². The van der Waals surface area contributed by atoms with Crippen molar-refractivity contribution in [2.24, 2.45) is 0 Å². The maximum Gasteiger partial charge on any atom is 0.335 e. The van der Waals surface area contributed by atoms with E-state index < -0.39 is 30.4 Å². The van der Waals surface area contributed by atoms with Crippen LogP contribution in [0.3, 0.4) is 0 Å². The average molecular weight is 594 g/mol. The summed E-state index contributed by atoms with van der Waals surface area (Å²) >= 11 is 3.44.